The Labute approximate surface area is 133 Å². The van der Waals surface area contributed by atoms with Crippen LogP contribution in [-0.4, -0.2) is 49.2 Å². The Bertz CT molecular complexity index is 437. The Balaban J connectivity index is 0.00000242. The summed E-state index contributed by atoms with van der Waals surface area (Å²) in [6.07, 6.45) is -4.12. The number of aliphatic hydroxyl groups is 1. The lowest BCUT2D eigenvalue weighted by molar-refractivity contribution is -0.274. The molecule has 1 fully saturated rings. The van der Waals surface area contributed by atoms with Gasteiger partial charge in [-0.15, -0.1) is 25.6 Å². The van der Waals surface area contributed by atoms with Crippen molar-refractivity contribution in [2.75, 3.05) is 32.8 Å². The van der Waals surface area contributed by atoms with Gasteiger partial charge in [0.25, 0.3) is 0 Å². The molecule has 0 spiro atoms. The van der Waals surface area contributed by atoms with Gasteiger partial charge in [-0.1, -0.05) is 12.1 Å². The molecule has 1 aromatic rings. The number of halogens is 4. The first kappa shape index (κ1) is 19.0. The average Bonchev–Trinajstić information content (AvgIpc) is 2.45. The summed E-state index contributed by atoms with van der Waals surface area (Å²) in [5.74, 6) is -0.227. The average molecular weight is 341 g/mol. The van der Waals surface area contributed by atoms with Crippen LogP contribution in [0.4, 0.5) is 13.2 Å². The lowest BCUT2D eigenvalue weighted by Gasteiger charge is -2.35. The monoisotopic (exact) mass is 340 g/mol. The van der Waals surface area contributed by atoms with E-state index in [1.807, 2.05) is 0 Å². The minimum atomic E-state index is -4.68. The third-order valence-corrected chi connectivity index (χ3v) is 3.49. The summed E-state index contributed by atoms with van der Waals surface area (Å²) in [5.41, 5.74) is 0.889. The minimum Gasteiger partial charge on any atom is -0.406 e. The van der Waals surface area contributed by atoms with Crippen LogP contribution >= 0.6 is 12.4 Å². The molecule has 1 heterocycles. The fraction of sp³-hybridized carbons (Fsp3) is 0.571. The Morgan fingerprint density at radius 3 is 2.27 bits per heavy atom. The summed E-state index contributed by atoms with van der Waals surface area (Å²) >= 11 is 0. The molecule has 2 N–H and O–H groups in total. The van der Waals surface area contributed by atoms with Crippen molar-refractivity contribution in [1.82, 2.24) is 10.2 Å². The molecule has 1 aliphatic rings. The molecule has 1 atom stereocenters. The number of aliphatic hydroxyl groups excluding tert-OH is 1. The normalized spacial score (nSPS) is 17.6. The van der Waals surface area contributed by atoms with Gasteiger partial charge in [0.2, 0.25) is 0 Å². The van der Waals surface area contributed by atoms with E-state index < -0.39 is 6.36 Å². The van der Waals surface area contributed by atoms with Crippen LogP contribution in [0.1, 0.15) is 18.0 Å². The van der Waals surface area contributed by atoms with Crippen LogP contribution in [-0.2, 0) is 0 Å². The molecule has 8 heteroatoms. The smallest absolute Gasteiger partial charge is 0.406 e. The van der Waals surface area contributed by atoms with Crippen molar-refractivity contribution in [3.63, 3.8) is 0 Å². The molecule has 2 rings (SSSR count). The summed E-state index contributed by atoms with van der Waals surface area (Å²) in [6, 6.07) is 5.90. The van der Waals surface area contributed by atoms with Crippen molar-refractivity contribution in [1.29, 1.82) is 0 Å². The molecular weight excluding hydrogens is 321 g/mol. The number of piperazine rings is 1. The number of nitrogens with one attached hydrogen (secondary N) is 1. The SMILES string of the molecule is Cl.OCC[C@H](c1ccc(OC(F)(F)F)cc1)N1CCNCC1. The van der Waals surface area contributed by atoms with Crippen LogP contribution in [0.5, 0.6) is 5.75 Å². The molecule has 1 aliphatic heterocycles. The van der Waals surface area contributed by atoms with E-state index in [0.717, 1.165) is 31.7 Å². The van der Waals surface area contributed by atoms with Crippen LogP contribution in [0.2, 0.25) is 0 Å². The third kappa shape index (κ3) is 5.64. The lowest BCUT2D eigenvalue weighted by atomic mass is 10.0. The first-order valence-electron chi connectivity index (χ1n) is 6.91. The van der Waals surface area contributed by atoms with Gasteiger partial charge in [0.05, 0.1) is 0 Å². The van der Waals surface area contributed by atoms with E-state index in [1.165, 1.54) is 12.1 Å². The molecule has 126 valence electrons. The number of hydrogen-bond donors (Lipinski definition) is 2. The van der Waals surface area contributed by atoms with Crippen LogP contribution < -0.4 is 10.1 Å². The standard InChI is InChI=1S/C14H19F3N2O2.ClH/c15-14(16,17)21-12-3-1-11(2-4-12)13(5-10-20)19-8-6-18-7-9-19;/h1-4,13,18,20H,5-10H2;1H/t13-;/m1./s1. The van der Waals surface area contributed by atoms with Gasteiger partial charge in [0.15, 0.2) is 0 Å². The second-order valence-electron chi connectivity index (χ2n) is 4.93. The van der Waals surface area contributed by atoms with E-state index in [0.29, 0.717) is 6.42 Å². The van der Waals surface area contributed by atoms with E-state index in [4.69, 9.17) is 0 Å². The van der Waals surface area contributed by atoms with Crippen molar-refractivity contribution in [2.24, 2.45) is 0 Å². The van der Waals surface area contributed by atoms with Gasteiger partial charge in [-0.2, -0.15) is 0 Å². The van der Waals surface area contributed by atoms with Gasteiger partial charge < -0.3 is 15.2 Å². The van der Waals surface area contributed by atoms with E-state index in [9.17, 15) is 18.3 Å². The molecule has 1 saturated heterocycles. The maximum Gasteiger partial charge on any atom is 0.573 e. The zero-order valence-electron chi connectivity index (χ0n) is 12.0. The number of ether oxygens (including phenoxy) is 1. The molecule has 0 unspecified atom stereocenters. The fourth-order valence-corrected chi connectivity index (χ4v) is 2.57. The highest BCUT2D eigenvalue weighted by Gasteiger charge is 2.31. The molecule has 0 amide bonds. The van der Waals surface area contributed by atoms with Crippen molar-refractivity contribution in [3.8, 4) is 5.75 Å². The van der Waals surface area contributed by atoms with Gasteiger partial charge in [-0.05, 0) is 24.1 Å². The number of nitrogens with zero attached hydrogens (tertiary/aromatic N) is 1. The van der Waals surface area contributed by atoms with Crippen molar-refractivity contribution in [2.45, 2.75) is 18.8 Å². The molecule has 0 saturated carbocycles. The summed E-state index contributed by atoms with van der Waals surface area (Å²) in [5, 5.41) is 12.5. The zero-order valence-corrected chi connectivity index (χ0v) is 12.8. The fourth-order valence-electron chi connectivity index (χ4n) is 2.57. The number of hydrogen-bond acceptors (Lipinski definition) is 4. The number of alkyl halides is 3. The van der Waals surface area contributed by atoms with Crippen molar-refractivity contribution < 1.29 is 23.0 Å². The highest BCUT2D eigenvalue weighted by atomic mass is 35.5. The second-order valence-corrected chi connectivity index (χ2v) is 4.93. The molecule has 0 bridgehead atoms. The second kappa shape index (κ2) is 8.57. The number of rotatable bonds is 5. The minimum absolute atomic E-state index is 0. The maximum atomic E-state index is 12.1. The predicted molar refractivity (Wildman–Crippen MR) is 79.3 cm³/mol. The van der Waals surface area contributed by atoms with Crippen molar-refractivity contribution >= 4 is 12.4 Å². The molecule has 4 nitrogen and oxygen atoms in total. The topological polar surface area (TPSA) is 44.7 Å². The van der Waals surface area contributed by atoms with Gasteiger partial charge in [0.1, 0.15) is 5.75 Å². The summed E-state index contributed by atoms with van der Waals surface area (Å²) in [4.78, 5) is 2.23. The van der Waals surface area contributed by atoms with Gasteiger partial charge in [0, 0.05) is 38.8 Å². The molecule has 22 heavy (non-hydrogen) atoms. The Morgan fingerprint density at radius 2 is 1.77 bits per heavy atom. The van der Waals surface area contributed by atoms with E-state index >= 15 is 0 Å². The van der Waals surface area contributed by atoms with Crippen LogP contribution in [0, 0.1) is 0 Å². The van der Waals surface area contributed by atoms with E-state index in [-0.39, 0.29) is 30.8 Å². The predicted octanol–water partition coefficient (Wildman–Crippen LogP) is 2.34. The Kier molecular flexibility index (Phi) is 7.41. The maximum absolute atomic E-state index is 12.1. The zero-order chi connectivity index (χ0) is 15.3. The Morgan fingerprint density at radius 1 is 1.18 bits per heavy atom. The Hall–Kier alpha value is -1.02. The van der Waals surface area contributed by atoms with Gasteiger partial charge in [-0.25, -0.2) is 0 Å². The van der Waals surface area contributed by atoms with Gasteiger partial charge >= 0.3 is 6.36 Å². The molecule has 0 aliphatic carbocycles. The lowest BCUT2D eigenvalue weighted by Crippen LogP contribution is -2.45. The third-order valence-electron chi connectivity index (χ3n) is 3.49. The molecule has 0 aromatic heterocycles. The molecule has 1 aromatic carbocycles. The van der Waals surface area contributed by atoms with Crippen LogP contribution in [0.15, 0.2) is 24.3 Å². The van der Waals surface area contributed by atoms with E-state index in [1.54, 1.807) is 12.1 Å². The molecular formula is C14H20ClF3N2O2. The van der Waals surface area contributed by atoms with Crippen LogP contribution in [0.25, 0.3) is 0 Å². The highest BCUT2D eigenvalue weighted by molar-refractivity contribution is 5.85. The summed E-state index contributed by atoms with van der Waals surface area (Å²) in [7, 11) is 0. The van der Waals surface area contributed by atoms with Crippen LogP contribution in [0.3, 0.4) is 0 Å². The van der Waals surface area contributed by atoms with Gasteiger partial charge in [-0.3, -0.25) is 4.90 Å². The van der Waals surface area contributed by atoms with E-state index in [2.05, 4.69) is 15.0 Å². The summed E-state index contributed by atoms with van der Waals surface area (Å²) < 4.78 is 40.3. The summed E-state index contributed by atoms with van der Waals surface area (Å²) in [6.45, 7) is 3.49. The highest BCUT2D eigenvalue weighted by Crippen LogP contribution is 2.28. The first-order chi connectivity index (χ1) is 9.99. The molecule has 0 radical (unpaired) electrons. The first-order valence-corrected chi connectivity index (χ1v) is 6.91. The quantitative estimate of drug-likeness (QED) is 0.863. The largest absolute Gasteiger partial charge is 0.573 e. The van der Waals surface area contributed by atoms with Crippen molar-refractivity contribution in [3.05, 3.63) is 29.8 Å². The number of benzene rings is 1.